The van der Waals surface area contributed by atoms with Crippen LogP contribution in [0.25, 0.3) is 0 Å². The molecule has 0 rings (SSSR count). The molecule has 0 heterocycles. The number of esters is 1. The lowest BCUT2D eigenvalue weighted by molar-refractivity contribution is -0.145. The third-order valence-corrected chi connectivity index (χ3v) is 2.00. The minimum atomic E-state index is -1.00. The Morgan fingerprint density at radius 1 is 1.33 bits per heavy atom. The number of hydrogen-bond donors (Lipinski definition) is 2. The van der Waals surface area contributed by atoms with E-state index in [9.17, 15) is 14.7 Å². The Labute approximate surface area is 108 Å². The molecule has 0 unspecified atom stereocenters. The second-order valence-corrected chi connectivity index (χ2v) is 5.01. The SMILES string of the molecule is CCOC(=O)C[C@H](O)[C@@H](C)NC(=O)OC(C)(C)C. The summed E-state index contributed by atoms with van der Waals surface area (Å²) in [6.07, 6.45) is -1.79. The standard InChI is InChI=1S/C12H23NO5/c1-6-17-10(15)7-9(14)8(2)13-11(16)18-12(3,4)5/h8-9,14H,6-7H2,1-5H3,(H,13,16)/t8-,9+/m1/s1. The number of amides is 1. The Hall–Kier alpha value is -1.30. The lowest BCUT2D eigenvalue weighted by Gasteiger charge is -2.24. The number of carbonyl (C=O) groups excluding carboxylic acids is 2. The number of carbonyl (C=O) groups is 2. The highest BCUT2D eigenvalue weighted by Gasteiger charge is 2.23. The molecular formula is C12H23NO5. The molecule has 106 valence electrons. The number of rotatable bonds is 5. The van der Waals surface area contributed by atoms with E-state index >= 15 is 0 Å². The summed E-state index contributed by atoms with van der Waals surface area (Å²) in [6, 6.07) is -0.593. The fourth-order valence-corrected chi connectivity index (χ4v) is 1.16. The van der Waals surface area contributed by atoms with Gasteiger partial charge in [0.05, 0.1) is 25.2 Å². The Morgan fingerprint density at radius 3 is 2.33 bits per heavy atom. The van der Waals surface area contributed by atoms with Crippen LogP contribution in [-0.2, 0) is 14.3 Å². The minimum absolute atomic E-state index is 0.162. The predicted octanol–water partition coefficient (Wildman–Crippen LogP) is 1.21. The highest BCUT2D eigenvalue weighted by atomic mass is 16.6. The van der Waals surface area contributed by atoms with E-state index in [1.807, 2.05) is 0 Å². The molecule has 0 spiro atoms. The van der Waals surface area contributed by atoms with Crippen LogP contribution in [-0.4, -0.2) is 41.5 Å². The molecule has 0 aliphatic heterocycles. The maximum Gasteiger partial charge on any atom is 0.407 e. The summed E-state index contributed by atoms with van der Waals surface area (Å²) >= 11 is 0. The Bertz CT molecular complexity index is 285. The van der Waals surface area contributed by atoms with E-state index in [1.165, 1.54) is 0 Å². The van der Waals surface area contributed by atoms with Gasteiger partial charge in [-0.25, -0.2) is 4.79 Å². The van der Waals surface area contributed by atoms with Gasteiger partial charge in [0.2, 0.25) is 0 Å². The Kier molecular flexibility index (Phi) is 6.68. The highest BCUT2D eigenvalue weighted by Crippen LogP contribution is 2.08. The van der Waals surface area contributed by atoms with Gasteiger partial charge in [0.1, 0.15) is 5.60 Å². The van der Waals surface area contributed by atoms with E-state index in [4.69, 9.17) is 9.47 Å². The van der Waals surface area contributed by atoms with Crippen LogP contribution in [0.3, 0.4) is 0 Å². The summed E-state index contributed by atoms with van der Waals surface area (Å²) in [4.78, 5) is 22.6. The summed E-state index contributed by atoms with van der Waals surface area (Å²) in [6.45, 7) is 8.77. The van der Waals surface area contributed by atoms with Crippen molar-refractivity contribution < 1.29 is 24.2 Å². The average Bonchev–Trinajstić information content (AvgIpc) is 2.14. The van der Waals surface area contributed by atoms with E-state index in [-0.39, 0.29) is 13.0 Å². The predicted molar refractivity (Wildman–Crippen MR) is 66.1 cm³/mol. The molecule has 0 bridgehead atoms. The van der Waals surface area contributed by atoms with Gasteiger partial charge < -0.3 is 19.9 Å². The fourth-order valence-electron chi connectivity index (χ4n) is 1.16. The molecule has 0 aliphatic carbocycles. The molecule has 2 atom stereocenters. The molecule has 0 saturated carbocycles. The molecule has 0 saturated heterocycles. The van der Waals surface area contributed by atoms with Gasteiger partial charge in [-0.15, -0.1) is 0 Å². The zero-order valence-corrected chi connectivity index (χ0v) is 11.6. The van der Waals surface area contributed by atoms with Gasteiger partial charge in [-0.1, -0.05) is 0 Å². The van der Waals surface area contributed by atoms with Crippen molar-refractivity contribution in [3.05, 3.63) is 0 Å². The van der Waals surface area contributed by atoms with Gasteiger partial charge in [-0.3, -0.25) is 4.79 Å². The molecule has 0 radical (unpaired) electrons. The maximum atomic E-state index is 11.4. The highest BCUT2D eigenvalue weighted by molar-refractivity contribution is 5.71. The second kappa shape index (κ2) is 7.20. The monoisotopic (exact) mass is 261 g/mol. The quantitative estimate of drug-likeness (QED) is 0.727. The van der Waals surface area contributed by atoms with Gasteiger partial charge in [-0.2, -0.15) is 0 Å². The third-order valence-electron chi connectivity index (χ3n) is 2.00. The van der Waals surface area contributed by atoms with E-state index in [2.05, 4.69) is 5.32 Å². The smallest absolute Gasteiger partial charge is 0.407 e. The van der Waals surface area contributed by atoms with Crippen LogP contribution in [0.15, 0.2) is 0 Å². The van der Waals surface area contributed by atoms with Crippen molar-refractivity contribution in [3.8, 4) is 0 Å². The van der Waals surface area contributed by atoms with Crippen LogP contribution in [0, 0.1) is 0 Å². The normalized spacial score (nSPS) is 14.6. The van der Waals surface area contributed by atoms with Crippen molar-refractivity contribution in [2.24, 2.45) is 0 Å². The Balaban J connectivity index is 4.11. The first-order valence-corrected chi connectivity index (χ1v) is 5.99. The summed E-state index contributed by atoms with van der Waals surface area (Å²) < 4.78 is 9.74. The van der Waals surface area contributed by atoms with E-state index in [0.29, 0.717) is 0 Å². The summed E-state index contributed by atoms with van der Waals surface area (Å²) in [7, 11) is 0. The van der Waals surface area contributed by atoms with Crippen LogP contribution in [0.4, 0.5) is 4.79 Å². The summed E-state index contributed by atoms with van der Waals surface area (Å²) in [5.74, 6) is -0.497. The molecule has 2 N–H and O–H groups in total. The largest absolute Gasteiger partial charge is 0.466 e. The first kappa shape index (κ1) is 16.7. The number of hydrogen-bond acceptors (Lipinski definition) is 5. The molecule has 0 aromatic carbocycles. The molecule has 0 fully saturated rings. The zero-order valence-electron chi connectivity index (χ0n) is 11.6. The topological polar surface area (TPSA) is 84.9 Å². The number of aliphatic hydroxyl groups excluding tert-OH is 1. The lowest BCUT2D eigenvalue weighted by Crippen LogP contribution is -2.44. The van der Waals surface area contributed by atoms with Gasteiger partial charge in [0, 0.05) is 0 Å². The second-order valence-electron chi connectivity index (χ2n) is 5.01. The minimum Gasteiger partial charge on any atom is -0.466 e. The fraction of sp³-hybridized carbons (Fsp3) is 0.833. The van der Waals surface area contributed by atoms with Crippen molar-refractivity contribution in [2.45, 2.75) is 58.8 Å². The molecule has 1 amide bonds. The number of nitrogens with one attached hydrogen (secondary N) is 1. The first-order valence-electron chi connectivity index (χ1n) is 5.99. The lowest BCUT2D eigenvalue weighted by atomic mass is 10.1. The van der Waals surface area contributed by atoms with Crippen molar-refractivity contribution in [1.29, 1.82) is 0 Å². The maximum absolute atomic E-state index is 11.4. The Morgan fingerprint density at radius 2 is 1.89 bits per heavy atom. The first-order chi connectivity index (χ1) is 8.15. The molecular weight excluding hydrogens is 238 g/mol. The number of aliphatic hydroxyl groups is 1. The van der Waals surface area contributed by atoms with Crippen molar-refractivity contribution >= 4 is 12.1 Å². The van der Waals surface area contributed by atoms with Gasteiger partial charge in [-0.05, 0) is 34.6 Å². The summed E-state index contributed by atoms with van der Waals surface area (Å²) in [5, 5.41) is 12.2. The van der Waals surface area contributed by atoms with Crippen molar-refractivity contribution in [3.63, 3.8) is 0 Å². The third kappa shape index (κ3) is 7.89. The summed E-state index contributed by atoms with van der Waals surface area (Å²) in [5.41, 5.74) is -0.601. The molecule has 0 aromatic rings. The zero-order chi connectivity index (χ0) is 14.3. The van der Waals surface area contributed by atoms with Crippen LogP contribution in [0.5, 0.6) is 0 Å². The van der Waals surface area contributed by atoms with Gasteiger partial charge in [0.15, 0.2) is 0 Å². The molecule has 0 aromatic heterocycles. The van der Waals surface area contributed by atoms with Crippen molar-refractivity contribution in [1.82, 2.24) is 5.32 Å². The van der Waals surface area contributed by atoms with Crippen LogP contribution < -0.4 is 5.32 Å². The van der Waals surface area contributed by atoms with Crippen molar-refractivity contribution in [2.75, 3.05) is 6.61 Å². The van der Waals surface area contributed by atoms with E-state index in [0.717, 1.165) is 0 Å². The van der Waals surface area contributed by atoms with E-state index < -0.39 is 29.8 Å². The van der Waals surface area contributed by atoms with Crippen LogP contribution in [0.1, 0.15) is 41.0 Å². The number of alkyl carbamates (subject to hydrolysis) is 1. The molecule has 6 nitrogen and oxygen atoms in total. The van der Waals surface area contributed by atoms with E-state index in [1.54, 1.807) is 34.6 Å². The number of ether oxygens (including phenoxy) is 2. The van der Waals surface area contributed by atoms with Crippen LogP contribution in [0.2, 0.25) is 0 Å². The average molecular weight is 261 g/mol. The molecule has 6 heteroatoms. The van der Waals surface area contributed by atoms with Gasteiger partial charge >= 0.3 is 12.1 Å². The molecule has 0 aliphatic rings. The van der Waals surface area contributed by atoms with Crippen LogP contribution >= 0.6 is 0 Å². The van der Waals surface area contributed by atoms with Gasteiger partial charge in [0.25, 0.3) is 0 Å². The molecule has 18 heavy (non-hydrogen) atoms.